The quantitative estimate of drug-likeness (QED) is 0.427. The monoisotopic (exact) mass is 358 g/mol. The maximum absolute atomic E-state index is 11.8. The second-order valence-corrected chi connectivity index (χ2v) is 5.15. The Hall–Kier alpha value is -3.35. The van der Waals surface area contributed by atoms with E-state index in [9.17, 15) is 14.4 Å². The van der Waals surface area contributed by atoms with E-state index in [1.54, 1.807) is 12.1 Å². The number of hydrogen-bond acceptors (Lipinski definition) is 7. The molecule has 2 aromatic rings. The Morgan fingerprint density at radius 1 is 1.00 bits per heavy atom. The zero-order valence-corrected chi connectivity index (χ0v) is 14.4. The maximum atomic E-state index is 11.8. The number of esters is 3. The number of aryl methyl sites for hydroxylation is 1. The summed E-state index contributed by atoms with van der Waals surface area (Å²) in [5, 5.41) is 0. The minimum absolute atomic E-state index is 0.219. The molecule has 1 aromatic heterocycles. The van der Waals surface area contributed by atoms with Crippen LogP contribution in [0.4, 0.5) is 0 Å². The highest BCUT2D eigenvalue weighted by atomic mass is 16.5. The summed E-state index contributed by atoms with van der Waals surface area (Å²) in [5.41, 5.74) is 0.359. The highest BCUT2D eigenvalue weighted by Gasteiger charge is 2.07. The second-order valence-electron chi connectivity index (χ2n) is 5.15. The Kier molecular flexibility index (Phi) is 6.73. The minimum Gasteiger partial charge on any atom is -0.469 e. The van der Waals surface area contributed by atoms with E-state index >= 15 is 0 Å². The lowest BCUT2D eigenvalue weighted by Gasteiger charge is -2.02. The highest BCUT2D eigenvalue weighted by Crippen LogP contribution is 2.15. The van der Waals surface area contributed by atoms with Gasteiger partial charge in [-0.1, -0.05) is 0 Å². The molecule has 26 heavy (non-hydrogen) atoms. The van der Waals surface area contributed by atoms with Crippen LogP contribution in [0.3, 0.4) is 0 Å². The molecule has 2 rings (SSSR count). The fourth-order valence-electron chi connectivity index (χ4n) is 2.02. The van der Waals surface area contributed by atoms with E-state index in [1.807, 2.05) is 0 Å². The molecule has 0 saturated carbocycles. The molecule has 0 atom stereocenters. The molecule has 0 amide bonds. The molecular formula is C19H18O7. The van der Waals surface area contributed by atoms with Crippen LogP contribution >= 0.6 is 0 Å². The zero-order chi connectivity index (χ0) is 18.9. The van der Waals surface area contributed by atoms with Crippen molar-refractivity contribution in [3.63, 3.8) is 0 Å². The molecule has 0 fully saturated rings. The Balaban J connectivity index is 1.88. The van der Waals surface area contributed by atoms with Gasteiger partial charge < -0.3 is 18.6 Å². The summed E-state index contributed by atoms with van der Waals surface area (Å²) < 4.78 is 19.8. The molecule has 0 radical (unpaired) electrons. The lowest BCUT2D eigenvalue weighted by atomic mass is 10.2. The average Bonchev–Trinajstić information content (AvgIpc) is 3.12. The third-order valence-electron chi connectivity index (χ3n) is 3.36. The molecule has 0 aliphatic rings. The Labute approximate surface area is 150 Å². The Bertz CT molecular complexity index is 800. The van der Waals surface area contributed by atoms with Gasteiger partial charge in [0.15, 0.2) is 0 Å². The second kappa shape index (κ2) is 9.22. The van der Waals surface area contributed by atoms with Gasteiger partial charge in [-0.15, -0.1) is 0 Å². The summed E-state index contributed by atoms with van der Waals surface area (Å²) in [6.45, 7) is 0. The Morgan fingerprint density at radius 2 is 1.73 bits per heavy atom. The molecule has 136 valence electrons. The van der Waals surface area contributed by atoms with Gasteiger partial charge in [-0.25, -0.2) is 9.59 Å². The molecule has 0 bridgehead atoms. The van der Waals surface area contributed by atoms with Gasteiger partial charge in [-0.05, 0) is 42.5 Å². The number of carbonyl (C=O) groups excluding carboxylic acids is 3. The van der Waals surface area contributed by atoms with Crippen LogP contribution in [0.15, 0.2) is 46.9 Å². The van der Waals surface area contributed by atoms with Gasteiger partial charge in [0.1, 0.15) is 17.3 Å². The first-order valence-corrected chi connectivity index (χ1v) is 7.75. The molecule has 0 unspecified atom stereocenters. The lowest BCUT2D eigenvalue weighted by Crippen LogP contribution is -2.05. The third-order valence-corrected chi connectivity index (χ3v) is 3.36. The van der Waals surface area contributed by atoms with E-state index in [0.717, 1.165) is 0 Å². The molecule has 1 aromatic carbocycles. The van der Waals surface area contributed by atoms with Crippen LogP contribution < -0.4 is 4.74 Å². The van der Waals surface area contributed by atoms with E-state index in [2.05, 4.69) is 9.47 Å². The number of methoxy groups -OCH3 is 2. The van der Waals surface area contributed by atoms with Crippen molar-refractivity contribution in [1.82, 2.24) is 0 Å². The summed E-state index contributed by atoms with van der Waals surface area (Å²) >= 11 is 0. The molecular weight excluding hydrogens is 340 g/mol. The van der Waals surface area contributed by atoms with Crippen molar-refractivity contribution in [2.45, 2.75) is 12.8 Å². The van der Waals surface area contributed by atoms with Crippen LogP contribution in [0.25, 0.3) is 6.08 Å². The largest absolute Gasteiger partial charge is 0.469 e. The minimum atomic E-state index is -0.594. The molecule has 0 spiro atoms. The molecule has 1 heterocycles. The van der Waals surface area contributed by atoms with Crippen molar-refractivity contribution in [2.24, 2.45) is 0 Å². The van der Waals surface area contributed by atoms with Crippen LogP contribution in [-0.2, 0) is 25.5 Å². The first kappa shape index (κ1) is 19.0. The summed E-state index contributed by atoms with van der Waals surface area (Å²) in [7, 11) is 2.61. The predicted octanol–water partition coefficient (Wildman–Crippen LogP) is 2.79. The molecule has 0 saturated heterocycles. The number of hydrogen-bond donors (Lipinski definition) is 0. The summed E-state index contributed by atoms with van der Waals surface area (Å²) in [4.78, 5) is 34.2. The van der Waals surface area contributed by atoms with Gasteiger partial charge in [-0.3, -0.25) is 4.79 Å². The van der Waals surface area contributed by atoms with Crippen molar-refractivity contribution < 1.29 is 33.0 Å². The number of furan rings is 1. The SMILES string of the molecule is COC(=O)CCc1ccc(/C=C/C(=O)Oc2ccc(C(=O)OC)cc2)o1. The van der Waals surface area contributed by atoms with Gasteiger partial charge in [0, 0.05) is 12.5 Å². The van der Waals surface area contributed by atoms with Crippen LogP contribution in [0.2, 0.25) is 0 Å². The predicted molar refractivity (Wildman–Crippen MR) is 91.5 cm³/mol. The van der Waals surface area contributed by atoms with Crippen molar-refractivity contribution in [1.29, 1.82) is 0 Å². The summed E-state index contributed by atoms with van der Waals surface area (Å²) in [6, 6.07) is 9.39. The molecule has 0 aliphatic carbocycles. The van der Waals surface area contributed by atoms with Gasteiger partial charge in [0.2, 0.25) is 0 Å². The van der Waals surface area contributed by atoms with E-state index in [1.165, 1.54) is 50.6 Å². The molecule has 7 heteroatoms. The standard InChI is InChI=1S/C19H18O7/c1-23-17(20)11-9-14-7-8-15(25-14)10-12-18(21)26-16-5-3-13(4-6-16)19(22)24-2/h3-8,10,12H,9,11H2,1-2H3/b12-10+. The molecule has 7 nitrogen and oxygen atoms in total. The van der Waals surface area contributed by atoms with Gasteiger partial charge >= 0.3 is 17.9 Å². The third kappa shape index (κ3) is 5.62. The lowest BCUT2D eigenvalue weighted by molar-refractivity contribution is -0.140. The normalized spacial score (nSPS) is 10.5. The fraction of sp³-hybridized carbons (Fsp3) is 0.211. The zero-order valence-electron chi connectivity index (χ0n) is 14.4. The smallest absolute Gasteiger partial charge is 0.337 e. The first-order valence-electron chi connectivity index (χ1n) is 7.75. The topological polar surface area (TPSA) is 92.0 Å². The molecule has 0 aliphatic heterocycles. The van der Waals surface area contributed by atoms with E-state index < -0.39 is 11.9 Å². The van der Waals surface area contributed by atoms with Crippen molar-refractivity contribution in [3.8, 4) is 5.75 Å². The number of rotatable bonds is 7. The highest BCUT2D eigenvalue weighted by molar-refractivity contribution is 5.90. The van der Waals surface area contributed by atoms with E-state index in [-0.39, 0.29) is 12.4 Å². The van der Waals surface area contributed by atoms with Crippen molar-refractivity contribution in [3.05, 3.63) is 59.6 Å². The van der Waals surface area contributed by atoms with Crippen molar-refractivity contribution in [2.75, 3.05) is 14.2 Å². The van der Waals surface area contributed by atoms with Gasteiger partial charge in [0.25, 0.3) is 0 Å². The summed E-state index contributed by atoms with van der Waals surface area (Å²) in [6.07, 6.45) is 3.32. The van der Waals surface area contributed by atoms with Gasteiger partial charge in [0.05, 0.1) is 26.2 Å². The van der Waals surface area contributed by atoms with Crippen molar-refractivity contribution >= 4 is 24.0 Å². The maximum Gasteiger partial charge on any atom is 0.337 e. The van der Waals surface area contributed by atoms with Crippen LogP contribution in [0.1, 0.15) is 28.3 Å². The Morgan fingerprint density at radius 3 is 2.38 bits per heavy atom. The number of ether oxygens (including phenoxy) is 3. The first-order chi connectivity index (χ1) is 12.5. The van der Waals surface area contributed by atoms with Crippen LogP contribution in [0.5, 0.6) is 5.75 Å². The van der Waals surface area contributed by atoms with Crippen LogP contribution in [0, 0.1) is 0 Å². The van der Waals surface area contributed by atoms with Gasteiger partial charge in [-0.2, -0.15) is 0 Å². The van der Waals surface area contributed by atoms with E-state index in [4.69, 9.17) is 9.15 Å². The fourth-order valence-corrected chi connectivity index (χ4v) is 2.02. The number of benzene rings is 1. The summed E-state index contributed by atoms with van der Waals surface area (Å²) in [5.74, 6) is -0.0117. The molecule has 0 N–H and O–H groups in total. The number of carbonyl (C=O) groups is 3. The van der Waals surface area contributed by atoms with E-state index in [0.29, 0.717) is 29.3 Å². The average molecular weight is 358 g/mol. The van der Waals surface area contributed by atoms with Crippen LogP contribution in [-0.4, -0.2) is 32.1 Å².